The average Bonchev–Trinajstić information content (AvgIpc) is 2.48. The number of rotatable bonds is 17. The van der Waals surface area contributed by atoms with Crippen LogP contribution in [0.3, 0.4) is 0 Å². The highest BCUT2D eigenvalue weighted by molar-refractivity contribution is 4.58. The molecule has 0 rings (SSSR count). The van der Waals surface area contributed by atoms with Gasteiger partial charge in [-0.3, -0.25) is 0 Å². The van der Waals surface area contributed by atoms with Gasteiger partial charge in [-0.05, 0) is 24.7 Å². The fourth-order valence-electron chi connectivity index (χ4n) is 3.25. The van der Waals surface area contributed by atoms with Crippen molar-refractivity contribution in [3.8, 4) is 0 Å². The summed E-state index contributed by atoms with van der Waals surface area (Å²) in [5, 5.41) is 10.0. The van der Waals surface area contributed by atoms with Gasteiger partial charge in [0.25, 0.3) is 0 Å². The second kappa shape index (κ2) is 16.8. The van der Waals surface area contributed by atoms with Gasteiger partial charge in [0.2, 0.25) is 0 Å². The number of aliphatic hydroxyl groups excluding tert-OH is 1. The van der Waals surface area contributed by atoms with Crippen LogP contribution in [0.2, 0.25) is 0 Å². The van der Waals surface area contributed by atoms with Crippen molar-refractivity contribution in [3.05, 3.63) is 0 Å². The summed E-state index contributed by atoms with van der Waals surface area (Å²) in [5.41, 5.74) is 0. The van der Waals surface area contributed by atoms with E-state index >= 15 is 0 Å². The molecular formula is C22H46O. The molecule has 0 aromatic heterocycles. The molecule has 0 aliphatic rings. The topological polar surface area (TPSA) is 20.2 Å². The van der Waals surface area contributed by atoms with Crippen LogP contribution in [-0.4, -0.2) is 11.2 Å². The highest BCUT2D eigenvalue weighted by atomic mass is 16.3. The van der Waals surface area contributed by atoms with Crippen molar-refractivity contribution in [1.29, 1.82) is 0 Å². The van der Waals surface area contributed by atoms with E-state index in [2.05, 4.69) is 27.7 Å². The fraction of sp³-hybridized carbons (Fsp3) is 1.00. The van der Waals surface area contributed by atoms with E-state index in [0.717, 1.165) is 24.7 Å². The van der Waals surface area contributed by atoms with Crippen LogP contribution in [0.5, 0.6) is 0 Å². The van der Waals surface area contributed by atoms with Gasteiger partial charge in [0.05, 0.1) is 6.10 Å². The number of hydrogen-bond acceptors (Lipinski definition) is 1. The first-order valence-corrected chi connectivity index (χ1v) is 10.7. The van der Waals surface area contributed by atoms with Crippen molar-refractivity contribution in [1.82, 2.24) is 0 Å². The SMILES string of the molecule is CC(C)CCCCCCCCCC(O)CCCCCCC(C)C. The summed E-state index contributed by atoms with van der Waals surface area (Å²) in [6.07, 6.45) is 19.5. The summed E-state index contributed by atoms with van der Waals surface area (Å²) in [6, 6.07) is 0. The Morgan fingerprint density at radius 1 is 0.435 bits per heavy atom. The number of aliphatic hydroxyl groups is 1. The standard InChI is InChI=1S/C22H46O/c1-20(2)16-12-8-6-5-7-9-14-18-22(23)19-15-11-10-13-17-21(3)4/h20-23H,5-19H2,1-4H3. The van der Waals surface area contributed by atoms with Gasteiger partial charge >= 0.3 is 0 Å². The van der Waals surface area contributed by atoms with Crippen molar-refractivity contribution in [2.24, 2.45) is 11.8 Å². The minimum atomic E-state index is -0.0360. The molecule has 0 fully saturated rings. The van der Waals surface area contributed by atoms with Gasteiger partial charge in [-0.15, -0.1) is 0 Å². The molecule has 0 bridgehead atoms. The quantitative estimate of drug-likeness (QED) is 0.274. The molecule has 0 radical (unpaired) electrons. The Bertz CT molecular complexity index is 222. The monoisotopic (exact) mass is 326 g/mol. The molecule has 1 N–H and O–H groups in total. The van der Waals surface area contributed by atoms with Crippen molar-refractivity contribution < 1.29 is 5.11 Å². The van der Waals surface area contributed by atoms with Crippen LogP contribution in [-0.2, 0) is 0 Å². The van der Waals surface area contributed by atoms with E-state index < -0.39 is 0 Å². The van der Waals surface area contributed by atoms with Crippen LogP contribution in [0.25, 0.3) is 0 Å². The van der Waals surface area contributed by atoms with Crippen LogP contribution in [0.4, 0.5) is 0 Å². The molecule has 140 valence electrons. The summed E-state index contributed by atoms with van der Waals surface area (Å²) in [7, 11) is 0. The lowest BCUT2D eigenvalue weighted by atomic mass is 10.0. The maximum atomic E-state index is 10.0. The van der Waals surface area contributed by atoms with Crippen LogP contribution in [0.15, 0.2) is 0 Å². The predicted octanol–water partition coefficient (Wildman–Crippen LogP) is 7.51. The summed E-state index contributed by atoms with van der Waals surface area (Å²) >= 11 is 0. The molecule has 0 saturated carbocycles. The zero-order valence-electron chi connectivity index (χ0n) is 16.8. The lowest BCUT2D eigenvalue weighted by Gasteiger charge is -2.10. The van der Waals surface area contributed by atoms with Gasteiger partial charge in [0, 0.05) is 0 Å². The zero-order chi connectivity index (χ0) is 17.3. The third-order valence-corrected chi connectivity index (χ3v) is 4.89. The molecular weight excluding hydrogens is 280 g/mol. The van der Waals surface area contributed by atoms with E-state index in [9.17, 15) is 5.11 Å². The van der Waals surface area contributed by atoms with Crippen molar-refractivity contribution in [2.45, 2.75) is 130 Å². The molecule has 1 heteroatoms. The van der Waals surface area contributed by atoms with Gasteiger partial charge in [-0.2, -0.15) is 0 Å². The Morgan fingerprint density at radius 3 is 1.00 bits per heavy atom. The molecule has 1 nitrogen and oxygen atoms in total. The van der Waals surface area contributed by atoms with Crippen LogP contribution >= 0.6 is 0 Å². The van der Waals surface area contributed by atoms with E-state index in [4.69, 9.17) is 0 Å². The maximum Gasteiger partial charge on any atom is 0.0540 e. The first-order chi connectivity index (χ1) is 11.0. The summed E-state index contributed by atoms with van der Waals surface area (Å²) in [5.74, 6) is 1.71. The molecule has 0 heterocycles. The summed E-state index contributed by atoms with van der Waals surface area (Å²) < 4.78 is 0. The van der Waals surface area contributed by atoms with Gasteiger partial charge in [0.1, 0.15) is 0 Å². The zero-order valence-corrected chi connectivity index (χ0v) is 16.8. The largest absolute Gasteiger partial charge is 0.393 e. The second-order valence-electron chi connectivity index (χ2n) is 8.49. The fourth-order valence-corrected chi connectivity index (χ4v) is 3.25. The van der Waals surface area contributed by atoms with Crippen LogP contribution < -0.4 is 0 Å². The normalized spacial score (nSPS) is 13.2. The summed E-state index contributed by atoms with van der Waals surface area (Å²) in [6.45, 7) is 9.23. The molecule has 0 aromatic rings. The Balaban J connectivity index is 3.17. The molecule has 0 aliphatic carbocycles. The van der Waals surface area contributed by atoms with Crippen LogP contribution in [0, 0.1) is 11.8 Å². The minimum Gasteiger partial charge on any atom is -0.393 e. The average molecular weight is 327 g/mol. The Labute approximate surface area is 147 Å². The van der Waals surface area contributed by atoms with Crippen molar-refractivity contribution >= 4 is 0 Å². The lowest BCUT2D eigenvalue weighted by Crippen LogP contribution is -2.05. The molecule has 0 spiro atoms. The van der Waals surface area contributed by atoms with E-state index in [1.807, 2.05) is 0 Å². The van der Waals surface area contributed by atoms with E-state index in [-0.39, 0.29) is 6.10 Å². The third-order valence-electron chi connectivity index (χ3n) is 4.89. The van der Waals surface area contributed by atoms with Crippen molar-refractivity contribution in [2.75, 3.05) is 0 Å². The van der Waals surface area contributed by atoms with Gasteiger partial charge < -0.3 is 5.11 Å². The molecule has 0 saturated heterocycles. The first-order valence-electron chi connectivity index (χ1n) is 10.7. The van der Waals surface area contributed by atoms with E-state index in [0.29, 0.717) is 0 Å². The molecule has 1 atom stereocenters. The Hall–Kier alpha value is -0.0400. The van der Waals surface area contributed by atoms with Gasteiger partial charge in [0.15, 0.2) is 0 Å². The number of unbranched alkanes of at least 4 members (excludes halogenated alkanes) is 9. The van der Waals surface area contributed by atoms with E-state index in [1.54, 1.807) is 0 Å². The second-order valence-corrected chi connectivity index (χ2v) is 8.49. The lowest BCUT2D eigenvalue weighted by molar-refractivity contribution is 0.147. The smallest absolute Gasteiger partial charge is 0.0540 e. The molecule has 23 heavy (non-hydrogen) atoms. The third kappa shape index (κ3) is 19.9. The van der Waals surface area contributed by atoms with Crippen molar-refractivity contribution in [3.63, 3.8) is 0 Å². The predicted molar refractivity (Wildman–Crippen MR) is 105 cm³/mol. The number of hydrogen-bond donors (Lipinski definition) is 1. The van der Waals surface area contributed by atoms with E-state index in [1.165, 1.54) is 83.5 Å². The molecule has 1 unspecified atom stereocenters. The van der Waals surface area contributed by atoms with Gasteiger partial charge in [-0.25, -0.2) is 0 Å². The van der Waals surface area contributed by atoms with Gasteiger partial charge in [-0.1, -0.05) is 111 Å². The highest BCUT2D eigenvalue weighted by Crippen LogP contribution is 2.16. The maximum absolute atomic E-state index is 10.0. The molecule has 0 aliphatic heterocycles. The first kappa shape index (κ1) is 23.0. The Morgan fingerprint density at radius 2 is 0.696 bits per heavy atom. The molecule has 0 aromatic carbocycles. The Kier molecular flexibility index (Phi) is 16.8. The minimum absolute atomic E-state index is 0.0360. The van der Waals surface area contributed by atoms with Crippen LogP contribution in [0.1, 0.15) is 124 Å². The summed E-state index contributed by atoms with van der Waals surface area (Å²) in [4.78, 5) is 0. The molecule has 0 amide bonds. The highest BCUT2D eigenvalue weighted by Gasteiger charge is 2.04.